The molecule has 0 aliphatic carbocycles. The topological polar surface area (TPSA) is 117 Å². The number of nitrogens with one attached hydrogen (secondary N) is 3. The highest BCUT2D eigenvalue weighted by Gasteiger charge is 2.34. The van der Waals surface area contributed by atoms with Gasteiger partial charge in [0.15, 0.2) is 0 Å². The number of carbonyl (C=O) groups is 4. The summed E-state index contributed by atoms with van der Waals surface area (Å²) in [7, 11) is 0. The van der Waals surface area contributed by atoms with Gasteiger partial charge in [0.05, 0.1) is 19.6 Å². The number of piperazine rings is 1. The van der Waals surface area contributed by atoms with Crippen molar-refractivity contribution in [3.63, 3.8) is 0 Å². The van der Waals surface area contributed by atoms with E-state index in [9.17, 15) is 19.2 Å². The fraction of sp³-hybridized carbons (Fsp3) is 0.360. The van der Waals surface area contributed by atoms with Crippen LogP contribution in [0.1, 0.15) is 36.5 Å². The van der Waals surface area contributed by atoms with Gasteiger partial charge in [-0.25, -0.2) is 0 Å². The number of benzene rings is 2. The molecular formula is C25H30N4O5. The molecule has 9 nitrogen and oxygen atoms in total. The third-order valence-corrected chi connectivity index (χ3v) is 5.37. The molecule has 1 saturated heterocycles. The fourth-order valence-electron chi connectivity index (χ4n) is 3.54. The van der Waals surface area contributed by atoms with Crippen LogP contribution in [-0.2, 0) is 19.1 Å². The van der Waals surface area contributed by atoms with E-state index in [1.54, 1.807) is 48.5 Å². The molecule has 0 aromatic heterocycles. The highest BCUT2D eigenvalue weighted by atomic mass is 16.5. The van der Waals surface area contributed by atoms with Crippen molar-refractivity contribution in [2.24, 2.45) is 0 Å². The average molecular weight is 467 g/mol. The van der Waals surface area contributed by atoms with Crippen molar-refractivity contribution in [1.82, 2.24) is 10.2 Å². The fourth-order valence-corrected chi connectivity index (χ4v) is 3.54. The van der Waals surface area contributed by atoms with Gasteiger partial charge in [-0.15, -0.1) is 0 Å². The van der Waals surface area contributed by atoms with Gasteiger partial charge in [0.1, 0.15) is 6.04 Å². The largest absolute Gasteiger partial charge is 0.466 e. The van der Waals surface area contributed by atoms with Crippen molar-refractivity contribution in [2.45, 2.75) is 32.2 Å². The van der Waals surface area contributed by atoms with Crippen LogP contribution in [0, 0.1) is 0 Å². The zero-order valence-corrected chi connectivity index (χ0v) is 19.2. The summed E-state index contributed by atoms with van der Waals surface area (Å²) in [6.45, 7) is 2.86. The summed E-state index contributed by atoms with van der Waals surface area (Å²) in [5.74, 6) is -1.40. The van der Waals surface area contributed by atoms with Crippen LogP contribution in [0.3, 0.4) is 0 Å². The molecule has 2 aromatic carbocycles. The van der Waals surface area contributed by atoms with E-state index >= 15 is 0 Å². The Morgan fingerprint density at radius 3 is 2.62 bits per heavy atom. The van der Waals surface area contributed by atoms with E-state index in [2.05, 4.69) is 16.0 Å². The second-order valence-electron chi connectivity index (χ2n) is 7.93. The molecule has 0 radical (unpaired) electrons. The summed E-state index contributed by atoms with van der Waals surface area (Å²) < 4.78 is 5.16. The van der Waals surface area contributed by atoms with Gasteiger partial charge in [0, 0.05) is 30.0 Å². The molecule has 0 saturated carbocycles. The van der Waals surface area contributed by atoms with E-state index in [1.807, 2.05) is 13.0 Å². The van der Waals surface area contributed by atoms with Crippen molar-refractivity contribution >= 4 is 35.1 Å². The first-order valence-electron chi connectivity index (χ1n) is 11.4. The average Bonchev–Trinajstić information content (AvgIpc) is 2.84. The van der Waals surface area contributed by atoms with Crippen LogP contribution >= 0.6 is 0 Å². The first-order valence-corrected chi connectivity index (χ1v) is 11.4. The number of rotatable bonds is 10. The first kappa shape index (κ1) is 24.8. The summed E-state index contributed by atoms with van der Waals surface area (Å²) in [6.07, 6.45) is 1.47. The molecule has 1 fully saturated rings. The Kier molecular flexibility index (Phi) is 9.02. The summed E-state index contributed by atoms with van der Waals surface area (Å²) >= 11 is 0. The first-order chi connectivity index (χ1) is 16.5. The number of unbranched alkanes of at least 4 members (excludes halogenated alkanes) is 1. The van der Waals surface area contributed by atoms with Crippen LogP contribution in [0.4, 0.5) is 11.4 Å². The Morgan fingerprint density at radius 1 is 1.09 bits per heavy atom. The Balaban J connectivity index is 1.57. The third-order valence-electron chi connectivity index (χ3n) is 5.37. The number of amides is 3. The molecule has 1 aliphatic heterocycles. The molecule has 3 N–H and O–H groups in total. The molecule has 3 rings (SSSR count). The molecular weight excluding hydrogens is 436 g/mol. The maximum atomic E-state index is 12.9. The SMILES string of the molecule is CCCCOC(=O)CC1C(=O)NCCN1C(=O)CNc1cccc(NC(=O)c2ccccc2)c1. The molecule has 3 amide bonds. The smallest absolute Gasteiger partial charge is 0.308 e. The molecule has 9 heteroatoms. The molecule has 2 aromatic rings. The van der Waals surface area contributed by atoms with Crippen LogP contribution in [0.25, 0.3) is 0 Å². The summed E-state index contributed by atoms with van der Waals surface area (Å²) in [5.41, 5.74) is 1.76. The minimum absolute atomic E-state index is 0.0647. The van der Waals surface area contributed by atoms with Crippen molar-refractivity contribution in [2.75, 3.05) is 36.9 Å². The lowest BCUT2D eigenvalue weighted by Crippen LogP contribution is -2.58. The van der Waals surface area contributed by atoms with Crippen LogP contribution in [0.5, 0.6) is 0 Å². The van der Waals surface area contributed by atoms with Gasteiger partial charge < -0.3 is 25.6 Å². The van der Waals surface area contributed by atoms with Gasteiger partial charge in [-0.1, -0.05) is 37.6 Å². The maximum absolute atomic E-state index is 12.9. The number of hydrogen-bond acceptors (Lipinski definition) is 6. The summed E-state index contributed by atoms with van der Waals surface area (Å²) in [4.78, 5) is 51.1. The number of nitrogens with zero attached hydrogens (tertiary/aromatic N) is 1. The number of hydrogen-bond donors (Lipinski definition) is 3. The van der Waals surface area contributed by atoms with Crippen LogP contribution in [-0.4, -0.2) is 60.9 Å². The Hall–Kier alpha value is -3.88. The van der Waals surface area contributed by atoms with Gasteiger partial charge in [-0.05, 0) is 36.8 Å². The monoisotopic (exact) mass is 466 g/mol. The molecule has 1 aliphatic rings. The Bertz CT molecular complexity index is 1010. The molecule has 34 heavy (non-hydrogen) atoms. The van der Waals surface area contributed by atoms with Gasteiger partial charge in [0.2, 0.25) is 11.8 Å². The highest BCUT2D eigenvalue weighted by molar-refractivity contribution is 6.04. The zero-order valence-electron chi connectivity index (χ0n) is 19.2. The van der Waals surface area contributed by atoms with Crippen LogP contribution < -0.4 is 16.0 Å². The van der Waals surface area contributed by atoms with Gasteiger partial charge in [-0.3, -0.25) is 19.2 Å². The number of anilines is 2. The van der Waals surface area contributed by atoms with Crippen LogP contribution in [0.15, 0.2) is 54.6 Å². The lowest BCUT2D eigenvalue weighted by Gasteiger charge is -2.34. The van der Waals surface area contributed by atoms with Crippen molar-refractivity contribution in [1.29, 1.82) is 0 Å². The summed E-state index contributed by atoms with van der Waals surface area (Å²) in [6, 6.07) is 15.0. The van der Waals surface area contributed by atoms with Gasteiger partial charge in [-0.2, -0.15) is 0 Å². The lowest BCUT2D eigenvalue weighted by atomic mass is 10.1. The predicted molar refractivity (Wildman–Crippen MR) is 128 cm³/mol. The quantitative estimate of drug-likeness (QED) is 0.366. The third kappa shape index (κ3) is 7.06. The molecule has 180 valence electrons. The van der Waals surface area contributed by atoms with E-state index in [0.29, 0.717) is 36.6 Å². The second-order valence-corrected chi connectivity index (χ2v) is 7.93. The number of carbonyl (C=O) groups excluding carboxylic acids is 4. The minimum Gasteiger partial charge on any atom is -0.466 e. The van der Waals surface area contributed by atoms with Crippen LogP contribution in [0.2, 0.25) is 0 Å². The number of esters is 1. The van der Waals surface area contributed by atoms with Crippen molar-refractivity contribution in [3.8, 4) is 0 Å². The maximum Gasteiger partial charge on any atom is 0.308 e. The molecule has 0 bridgehead atoms. The molecule has 1 atom stereocenters. The highest BCUT2D eigenvalue weighted by Crippen LogP contribution is 2.17. The lowest BCUT2D eigenvalue weighted by molar-refractivity contribution is -0.151. The Labute approximate surface area is 198 Å². The van der Waals surface area contributed by atoms with Gasteiger partial charge >= 0.3 is 5.97 Å². The zero-order chi connectivity index (χ0) is 24.3. The second kappa shape index (κ2) is 12.4. The molecule has 1 unspecified atom stereocenters. The predicted octanol–water partition coefficient (Wildman–Crippen LogP) is 2.41. The van der Waals surface area contributed by atoms with E-state index in [-0.39, 0.29) is 30.7 Å². The van der Waals surface area contributed by atoms with E-state index in [0.717, 1.165) is 12.8 Å². The summed E-state index contributed by atoms with van der Waals surface area (Å²) in [5, 5.41) is 8.56. The Morgan fingerprint density at radius 2 is 1.85 bits per heavy atom. The molecule has 0 spiro atoms. The van der Waals surface area contributed by atoms with Gasteiger partial charge in [0.25, 0.3) is 5.91 Å². The van der Waals surface area contributed by atoms with E-state index < -0.39 is 12.0 Å². The molecule has 1 heterocycles. The van der Waals surface area contributed by atoms with E-state index in [1.165, 1.54) is 4.90 Å². The van der Waals surface area contributed by atoms with E-state index in [4.69, 9.17) is 4.74 Å². The standard InChI is InChI=1S/C25H30N4O5/c1-2-3-14-34-23(31)16-21-25(33)26-12-13-29(21)22(30)17-27-19-10-7-11-20(15-19)28-24(32)18-8-5-4-6-9-18/h4-11,15,21,27H,2-3,12-14,16-17H2,1H3,(H,26,33)(H,28,32). The van der Waals surface area contributed by atoms with Crippen molar-refractivity contribution in [3.05, 3.63) is 60.2 Å². The van der Waals surface area contributed by atoms with Crippen molar-refractivity contribution < 1.29 is 23.9 Å². The normalized spacial score (nSPS) is 15.3. The number of ether oxygens (including phenoxy) is 1. The minimum atomic E-state index is -0.895.